The van der Waals surface area contributed by atoms with E-state index in [0.29, 0.717) is 0 Å². The molecule has 17 heavy (non-hydrogen) atoms. The molecule has 0 radical (unpaired) electrons. The van der Waals surface area contributed by atoms with Crippen LogP contribution in [0.2, 0.25) is 0 Å². The van der Waals surface area contributed by atoms with Crippen LogP contribution in [0, 0.1) is 13.8 Å². The summed E-state index contributed by atoms with van der Waals surface area (Å²) in [5.41, 5.74) is 6.27. The molecule has 0 aliphatic heterocycles. The molecule has 2 rings (SSSR count). The Hall–Kier alpha value is -1.60. The third-order valence-electron chi connectivity index (χ3n) is 3.10. The minimum atomic E-state index is 0.115. The van der Waals surface area contributed by atoms with Crippen LogP contribution in [0.4, 0.5) is 0 Å². The monoisotopic (exact) mass is 226 g/mol. The first-order valence-electron chi connectivity index (χ1n) is 5.94. The number of rotatable bonds is 3. The predicted octanol–water partition coefficient (Wildman–Crippen LogP) is 3.39. The summed E-state index contributed by atoms with van der Waals surface area (Å²) in [6.45, 7) is 4.39. The lowest BCUT2D eigenvalue weighted by atomic mass is 9.98. The Bertz CT molecular complexity index is 497. The van der Waals surface area contributed by atoms with Crippen LogP contribution >= 0.6 is 0 Å². The normalized spacial score (nSPS) is 10.5. The quantitative estimate of drug-likeness (QED) is 0.850. The van der Waals surface area contributed by atoms with Crippen molar-refractivity contribution in [2.45, 2.75) is 26.9 Å². The highest BCUT2D eigenvalue weighted by atomic mass is 16.3. The van der Waals surface area contributed by atoms with E-state index in [-0.39, 0.29) is 6.61 Å². The molecule has 0 aromatic heterocycles. The molecule has 0 spiro atoms. The number of aliphatic hydroxyl groups excluding tert-OH is 1. The Morgan fingerprint density at radius 1 is 0.882 bits per heavy atom. The van der Waals surface area contributed by atoms with Crippen LogP contribution in [0.25, 0.3) is 0 Å². The molecule has 0 amide bonds. The summed E-state index contributed by atoms with van der Waals surface area (Å²) in [4.78, 5) is 0. The van der Waals surface area contributed by atoms with Gasteiger partial charge in [-0.1, -0.05) is 48.0 Å². The molecule has 0 fully saturated rings. The maximum absolute atomic E-state index is 8.99. The van der Waals surface area contributed by atoms with Gasteiger partial charge in [0.25, 0.3) is 0 Å². The van der Waals surface area contributed by atoms with Gasteiger partial charge < -0.3 is 5.11 Å². The first-order valence-corrected chi connectivity index (χ1v) is 5.94. The van der Waals surface area contributed by atoms with Gasteiger partial charge in [-0.3, -0.25) is 0 Å². The Balaban J connectivity index is 2.19. The van der Waals surface area contributed by atoms with Crippen LogP contribution in [0.15, 0.2) is 42.5 Å². The second kappa shape index (κ2) is 5.15. The van der Waals surface area contributed by atoms with Crippen LogP contribution in [0.3, 0.4) is 0 Å². The molecule has 2 aromatic carbocycles. The standard InChI is InChI=1S/C16H18O/c1-12-3-8-16(13(2)9-12)10-14-4-6-15(11-17)7-5-14/h3-9,17H,10-11H2,1-2H3. The lowest BCUT2D eigenvalue weighted by molar-refractivity contribution is 0.282. The number of aliphatic hydroxyl groups is 1. The van der Waals surface area contributed by atoms with Gasteiger partial charge in [-0.25, -0.2) is 0 Å². The molecule has 1 nitrogen and oxygen atoms in total. The molecule has 0 heterocycles. The number of aryl methyl sites for hydroxylation is 2. The lowest BCUT2D eigenvalue weighted by Gasteiger charge is -2.07. The van der Waals surface area contributed by atoms with E-state index in [1.165, 1.54) is 22.3 Å². The largest absolute Gasteiger partial charge is 0.392 e. The van der Waals surface area contributed by atoms with Gasteiger partial charge in [0.05, 0.1) is 6.61 Å². The highest BCUT2D eigenvalue weighted by Crippen LogP contribution is 2.16. The second-order valence-corrected chi connectivity index (χ2v) is 4.58. The van der Waals surface area contributed by atoms with Gasteiger partial charge in [0.1, 0.15) is 0 Å². The molecule has 0 bridgehead atoms. The van der Waals surface area contributed by atoms with E-state index in [2.05, 4.69) is 44.2 Å². The van der Waals surface area contributed by atoms with Crippen molar-refractivity contribution in [1.82, 2.24) is 0 Å². The fourth-order valence-corrected chi connectivity index (χ4v) is 2.03. The molecule has 0 atom stereocenters. The Kier molecular flexibility index (Phi) is 3.60. The van der Waals surface area contributed by atoms with Gasteiger partial charge in [0, 0.05) is 0 Å². The van der Waals surface area contributed by atoms with Crippen molar-refractivity contribution in [1.29, 1.82) is 0 Å². The van der Waals surface area contributed by atoms with Crippen LogP contribution < -0.4 is 0 Å². The number of hydrogen-bond donors (Lipinski definition) is 1. The fraction of sp³-hybridized carbons (Fsp3) is 0.250. The van der Waals surface area contributed by atoms with Gasteiger partial charge in [0.2, 0.25) is 0 Å². The SMILES string of the molecule is Cc1ccc(Cc2ccc(CO)cc2)c(C)c1. The zero-order chi connectivity index (χ0) is 12.3. The van der Waals surface area contributed by atoms with E-state index >= 15 is 0 Å². The van der Waals surface area contributed by atoms with Gasteiger partial charge in [-0.05, 0) is 42.5 Å². The molecule has 0 saturated heterocycles. The summed E-state index contributed by atoms with van der Waals surface area (Å²) < 4.78 is 0. The molecular formula is C16H18O. The average molecular weight is 226 g/mol. The zero-order valence-electron chi connectivity index (χ0n) is 10.4. The van der Waals surface area contributed by atoms with Crippen molar-refractivity contribution in [3.8, 4) is 0 Å². The van der Waals surface area contributed by atoms with E-state index in [4.69, 9.17) is 5.11 Å². The lowest BCUT2D eigenvalue weighted by Crippen LogP contribution is -1.93. The minimum Gasteiger partial charge on any atom is -0.392 e. The van der Waals surface area contributed by atoms with Crippen molar-refractivity contribution >= 4 is 0 Å². The van der Waals surface area contributed by atoms with Crippen molar-refractivity contribution in [2.24, 2.45) is 0 Å². The van der Waals surface area contributed by atoms with E-state index < -0.39 is 0 Å². The Labute approximate surface area is 103 Å². The molecule has 1 heteroatoms. The maximum atomic E-state index is 8.99. The Morgan fingerprint density at radius 3 is 2.12 bits per heavy atom. The topological polar surface area (TPSA) is 20.2 Å². The highest BCUT2D eigenvalue weighted by molar-refractivity contribution is 5.35. The average Bonchev–Trinajstić information content (AvgIpc) is 2.34. The zero-order valence-corrected chi connectivity index (χ0v) is 10.4. The van der Waals surface area contributed by atoms with Crippen molar-refractivity contribution in [3.63, 3.8) is 0 Å². The van der Waals surface area contributed by atoms with Crippen LogP contribution in [-0.2, 0) is 13.0 Å². The summed E-state index contributed by atoms with van der Waals surface area (Å²) in [5.74, 6) is 0. The third-order valence-corrected chi connectivity index (χ3v) is 3.10. The molecular weight excluding hydrogens is 208 g/mol. The molecule has 0 aliphatic carbocycles. The Morgan fingerprint density at radius 2 is 1.53 bits per heavy atom. The summed E-state index contributed by atoms with van der Waals surface area (Å²) in [6, 6.07) is 14.7. The molecule has 2 aromatic rings. The van der Waals surface area contributed by atoms with Crippen LogP contribution in [-0.4, -0.2) is 5.11 Å². The second-order valence-electron chi connectivity index (χ2n) is 4.58. The predicted molar refractivity (Wildman–Crippen MR) is 71.1 cm³/mol. The summed E-state index contributed by atoms with van der Waals surface area (Å²) in [7, 11) is 0. The molecule has 0 aliphatic rings. The first kappa shape index (κ1) is 11.9. The number of hydrogen-bond acceptors (Lipinski definition) is 1. The summed E-state index contributed by atoms with van der Waals surface area (Å²) in [6.07, 6.45) is 0.956. The fourth-order valence-electron chi connectivity index (χ4n) is 2.03. The molecule has 1 N–H and O–H groups in total. The van der Waals surface area contributed by atoms with E-state index in [9.17, 15) is 0 Å². The molecule has 0 saturated carbocycles. The molecule has 88 valence electrons. The first-order chi connectivity index (χ1) is 8.19. The van der Waals surface area contributed by atoms with Crippen LogP contribution in [0.1, 0.15) is 27.8 Å². The van der Waals surface area contributed by atoms with Gasteiger partial charge in [-0.15, -0.1) is 0 Å². The van der Waals surface area contributed by atoms with Gasteiger partial charge in [-0.2, -0.15) is 0 Å². The number of benzene rings is 2. The van der Waals surface area contributed by atoms with E-state index in [0.717, 1.165) is 12.0 Å². The summed E-state index contributed by atoms with van der Waals surface area (Å²) >= 11 is 0. The van der Waals surface area contributed by atoms with E-state index in [1.807, 2.05) is 12.1 Å². The van der Waals surface area contributed by atoms with Crippen molar-refractivity contribution in [2.75, 3.05) is 0 Å². The summed E-state index contributed by atoms with van der Waals surface area (Å²) in [5, 5.41) is 8.99. The molecule has 0 unspecified atom stereocenters. The van der Waals surface area contributed by atoms with E-state index in [1.54, 1.807) is 0 Å². The van der Waals surface area contributed by atoms with Crippen molar-refractivity contribution < 1.29 is 5.11 Å². The van der Waals surface area contributed by atoms with Crippen LogP contribution in [0.5, 0.6) is 0 Å². The van der Waals surface area contributed by atoms with Gasteiger partial charge in [0.15, 0.2) is 0 Å². The van der Waals surface area contributed by atoms with Gasteiger partial charge >= 0.3 is 0 Å². The third kappa shape index (κ3) is 2.95. The van der Waals surface area contributed by atoms with Crippen molar-refractivity contribution in [3.05, 3.63) is 70.3 Å². The maximum Gasteiger partial charge on any atom is 0.0681 e. The highest BCUT2D eigenvalue weighted by Gasteiger charge is 2.00. The minimum absolute atomic E-state index is 0.115. The smallest absolute Gasteiger partial charge is 0.0681 e.